The Balaban J connectivity index is 2.11. The van der Waals surface area contributed by atoms with Crippen LogP contribution in [0.4, 0.5) is 0 Å². The summed E-state index contributed by atoms with van der Waals surface area (Å²) in [7, 11) is 3.90. The molecule has 0 saturated carbocycles. The lowest BCUT2D eigenvalue weighted by Gasteiger charge is -2.12. The zero-order chi connectivity index (χ0) is 10.7. The average Bonchev–Trinajstić information content (AvgIpc) is 2.85. The van der Waals surface area contributed by atoms with E-state index in [9.17, 15) is 0 Å². The Morgan fingerprint density at radius 3 is 2.93 bits per heavy atom. The molecule has 4 nitrogen and oxygen atoms in total. The second-order valence-corrected chi connectivity index (χ2v) is 4.43. The van der Waals surface area contributed by atoms with E-state index in [2.05, 4.69) is 15.4 Å². The summed E-state index contributed by atoms with van der Waals surface area (Å²) in [6.07, 6.45) is 6.84. The first-order chi connectivity index (χ1) is 7.29. The highest BCUT2D eigenvalue weighted by Gasteiger charge is 2.12. The van der Waals surface area contributed by atoms with Crippen molar-refractivity contribution >= 4 is 11.3 Å². The van der Waals surface area contributed by atoms with E-state index in [4.69, 9.17) is 0 Å². The predicted molar refractivity (Wildman–Crippen MR) is 60.8 cm³/mol. The van der Waals surface area contributed by atoms with E-state index >= 15 is 0 Å². The molecule has 0 fully saturated rings. The maximum atomic E-state index is 4.18. The molecule has 1 unspecified atom stereocenters. The van der Waals surface area contributed by atoms with Crippen LogP contribution in [0.5, 0.6) is 0 Å². The largest absolute Gasteiger partial charge is 0.313 e. The molecule has 1 N–H and O–H groups in total. The number of aryl methyl sites for hydroxylation is 1. The van der Waals surface area contributed by atoms with Crippen LogP contribution in [0.3, 0.4) is 0 Å². The predicted octanol–water partition coefficient (Wildman–Crippen LogP) is 1.38. The molecular formula is C10H14N4S. The van der Waals surface area contributed by atoms with Gasteiger partial charge in [0.25, 0.3) is 0 Å². The summed E-state index contributed by atoms with van der Waals surface area (Å²) in [5, 5.41) is 7.47. The topological polar surface area (TPSA) is 42.7 Å². The summed E-state index contributed by atoms with van der Waals surface area (Å²) < 4.78 is 1.83. The molecule has 15 heavy (non-hydrogen) atoms. The zero-order valence-corrected chi connectivity index (χ0v) is 9.66. The fourth-order valence-electron chi connectivity index (χ4n) is 1.55. The molecule has 0 saturated heterocycles. The van der Waals surface area contributed by atoms with Crippen molar-refractivity contribution in [3.05, 3.63) is 34.5 Å². The molecule has 0 bridgehead atoms. The molecule has 0 amide bonds. The maximum absolute atomic E-state index is 4.18. The van der Waals surface area contributed by atoms with Crippen LogP contribution >= 0.6 is 11.3 Å². The molecule has 2 aromatic rings. The second-order valence-electron chi connectivity index (χ2n) is 3.46. The van der Waals surface area contributed by atoms with Gasteiger partial charge in [-0.25, -0.2) is 0 Å². The Bertz CT molecular complexity index is 407. The molecule has 2 heterocycles. The van der Waals surface area contributed by atoms with Gasteiger partial charge in [-0.15, -0.1) is 11.3 Å². The molecule has 1 atom stereocenters. The normalized spacial score (nSPS) is 12.9. The molecule has 0 aromatic carbocycles. The molecule has 80 valence electrons. The van der Waals surface area contributed by atoms with Gasteiger partial charge in [0.1, 0.15) is 0 Å². The smallest absolute Gasteiger partial charge is 0.0794 e. The van der Waals surface area contributed by atoms with Crippen LogP contribution in [0.15, 0.2) is 24.1 Å². The molecule has 0 aliphatic carbocycles. The van der Waals surface area contributed by atoms with Gasteiger partial charge in [-0.2, -0.15) is 5.10 Å². The van der Waals surface area contributed by atoms with E-state index in [1.165, 1.54) is 10.4 Å². The fraction of sp³-hybridized carbons (Fsp3) is 0.400. The van der Waals surface area contributed by atoms with Crippen molar-refractivity contribution in [1.29, 1.82) is 0 Å². The van der Waals surface area contributed by atoms with Gasteiger partial charge >= 0.3 is 0 Å². The first-order valence-corrected chi connectivity index (χ1v) is 5.70. The van der Waals surface area contributed by atoms with Crippen molar-refractivity contribution in [3.8, 4) is 0 Å². The minimum atomic E-state index is 0.319. The summed E-state index contributed by atoms with van der Waals surface area (Å²) >= 11 is 1.69. The number of nitrogens with one attached hydrogen (secondary N) is 1. The maximum Gasteiger partial charge on any atom is 0.0794 e. The number of hydrogen-bond donors (Lipinski definition) is 1. The van der Waals surface area contributed by atoms with Gasteiger partial charge in [0.15, 0.2) is 0 Å². The zero-order valence-electron chi connectivity index (χ0n) is 8.84. The number of nitrogens with zero attached hydrogens (tertiary/aromatic N) is 3. The average molecular weight is 222 g/mol. The number of aromatic nitrogens is 3. The summed E-state index contributed by atoms with van der Waals surface area (Å²) in [5.41, 5.74) is 3.08. The first-order valence-electron chi connectivity index (χ1n) is 4.83. The third kappa shape index (κ3) is 2.43. The van der Waals surface area contributed by atoms with Crippen LogP contribution in [0.2, 0.25) is 0 Å². The van der Waals surface area contributed by atoms with Crippen molar-refractivity contribution in [2.45, 2.75) is 12.5 Å². The van der Waals surface area contributed by atoms with Crippen molar-refractivity contribution in [2.75, 3.05) is 7.05 Å². The Morgan fingerprint density at radius 2 is 2.40 bits per heavy atom. The molecule has 0 aliphatic heterocycles. The number of rotatable bonds is 4. The van der Waals surface area contributed by atoms with Gasteiger partial charge in [0, 0.05) is 42.3 Å². The quantitative estimate of drug-likeness (QED) is 0.850. The monoisotopic (exact) mass is 222 g/mol. The second kappa shape index (κ2) is 4.55. The number of likely N-dealkylation sites (N-methyl/N-ethyl adjacent to an activating group) is 1. The molecule has 2 rings (SSSR count). The van der Waals surface area contributed by atoms with Gasteiger partial charge in [-0.1, -0.05) is 0 Å². The standard InChI is InChI=1S/C10H14N4S/c1-11-10(3-9-5-12-7-15-9)8-4-13-14(2)6-8/h4-7,10-11H,3H2,1-2H3. The van der Waals surface area contributed by atoms with Gasteiger partial charge in [0.05, 0.1) is 11.7 Å². The highest BCUT2D eigenvalue weighted by molar-refractivity contribution is 7.09. The summed E-state index contributed by atoms with van der Waals surface area (Å²) in [4.78, 5) is 5.37. The Morgan fingerprint density at radius 1 is 1.53 bits per heavy atom. The third-order valence-electron chi connectivity index (χ3n) is 2.36. The summed E-state index contributed by atoms with van der Waals surface area (Å²) in [6, 6.07) is 0.319. The Hall–Kier alpha value is -1.20. The van der Waals surface area contributed by atoms with Crippen molar-refractivity contribution in [3.63, 3.8) is 0 Å². The van der Waals surface area contributed by atoms with Gasteiger partial charge < -0.3 is 5.32 Å². The van der Waals surface area contributed by atoms with Crippen LogP contribution in [0.25, 0.3) is 0 Å². The van der Waals surface area contributed by atoms with E-state index in [0.29, 0.717) is 6.04 Å². The molecule has 0 aliphatic rings. The van der Waals surface area contributed by atoms with Crippen LogP contribution in [-0.4, -0.2) is 21.8 Å². The van der Waals surface area contributed by atoms with Crippen LogP contribution in [-0.2, 0) is 13.5 Å². The van der Waals surface area contributed by atoms with E-state index < -0.39 is 0 Å². The van der Waals surface area contributed by atoms with E-state index in [0.717, 1.165) is 6.42 Å². The van der Waals surface area contributed by atoms with Gasteiger partial charge in [-0.05, 0) is 7.05 Å². The van der Waals surface area contributed by atoms with Crippen molar-refractivity contribution < 1.29 is 0 Å². The molecule has 0 radical (unpaired) electrons. The Labute approximate surface area is 93.0 Å². The van der Waals surface area contributed by atoms with E-state index in [1.54, 1.807) is 11.3 Å². The molecular weight excluding hydrogens is 208 g/mol. The van der Waals surface area contributed by atoms with Crippen LogP contribution in [0.1, 0.15) is 16.5 Å². The fourth-order valence-corrected chi connectivity index (χ4v) is 2.19. The molecule has 5 heteroatoms. The molecule has 2 aromatic heterocycles. The first kappa shape index (κ1) is 10.3. The van der Waals surface area contributed by atoms with Crippen LogP contribution in [0, 0.1) is 0 Å². The lowest BCUT2D eigenvalue weighted by Crippen LogP contribution is -2.17. The summed E-state index contributed by atoms with van der Waals surface area (Å²) in [5.74, 6) is 0. The highest BCUT2D eigenvalue weighted by atomic mass is 32.1. The van der Waals surface area contributed by atoms with Gasteiger partial charge in [0.2, 0.25) is 0 Å². The third-order valence-corrected chi connectivity index (χ3v) is 3.17. The number of thiazole rings is 1. The van der Waals surface area contributed by atoms with E-state index in [1.807, 2.05) is 42.9 Å². The molecule has 0 spiro atoms. The van der Waals surface area contributed by atoms with E-state index in [-0.39, 0.29) is 0 Å². The SMILES string of the molecule is CNC(Cc1cncs1)c1cnn(C)c1. The van der Waals surface area contributed by atoms with Crippen LogP contribution < -0.4 is 5.32 Å². The van der Waals surface area contributed by atoms with Crippen molar-refractivity contribution in [1.82, 2.24) is 20.1 Å². The minimum Gasteiger partial charge on any atom is -0.313 e. The summed E-state index contributed by atoms with van der Waals surface area (Å²) in [6.45, 7) is 0. The minimum absolute atomic E-state index is 0.319. The highest BCUT2D eigenvalue weighted by Crippen LogP contribution is 2.19. The van der Waals surface area contributed by atoms with Gasteiger partial charge in [-0.3, -0.25) is 9.67 Å². The van der Waals surface area contributed by atoms with Crippen molar-refractivity contribution in [2.24, 2.45) is 7.05 Å². The Kier molecular flexibility index (Phi) is 3.13. The number of hydrogen-bond acceptors (Lipinski definition) is 4. The lowest BCUT2D eigenvalue weighted by molar-refractivity contribution is 0.595. The lowest BCUT2D eigenvalue weighted by atomic mass is 10.1.